The lowest BCUT2D eigenvalue weighted by Crippen LogP contribution is -2.42. The van der Waals surface area contributed by atoms with Gasteiger partial charge in [-0.15, -0.1) is 0 Å². The van der Waals surface area contributed by atoms with Crippen molar-refractivity contribution in [3.8, 4) is 11.8 Å². The molecule has 110 valence electrons. The van der Waals surface area contributed by atoms with Gasteiger partial charge in [-0.2, -0.15) is 5.26 Å². The molecule has 0 aromatic heterocycles. The minimum Gasteiger partial charge on any atom is -0.491 e. The van der Waals surface area contributed by atoms with Crippen molar-refractivity contribution < 1.29 is 9.84 Å². The van der Waals surface area contributed by atoms with E-state index in [9.17, 15) is 5.11 Å². The van der Waals surface area contributed by atoms with Gasteiger partial charge in [-0.25, -0.2) is 0 Å². The molecule has 20 heavy (non-hydrogen) atoms. The number of nitrogens with one attached hydrogen (secondary N) is 1. The fraction of sp³-hybridized carbons (Fsp3) is 0.562. The third kappa shape index (κ3) is 5.60. The number of aliphatic hydroxyl groups is 1. The van der Waals surface area contributed by atoms with Gasteiger partial charge in [0.2, 0.25) is 0 Å². The molecule has 0 aliphatic heterocycles. The molecule has 0 bridgehead atoms. The lowest BCUT2D eigenvalue weighted by atomic mass is 9.88. The highest BCUT2D eigenvalue weighted by molar-refractivity contribution is 5.34. The number of ether oxygens (including phenoxy) is 1. The SMILES string of the molecule is CC(NCC(O)COc1ccc(C#N)cc1)C(C)(C)C. The van der Waals surface area contributed by atoms with Crippen molar-refractivity contribution in [1.29, 1.82) is 5.26 Å². The molecule has 0 radical (unpaired) electrons. The third-order valence-electron chi connectivity index (χ3n) is 3.38. The lowest BCUT2D eigenvalue weighted by Gasteiger charge is -2.29. The van der Waals surface area contributed by atoms with Gasteiger partial charge in [-0.3, -0.25) is 0 Å². The Morgan fingerprint density at radius 3 is 2.40 bits per heavy atom. The fourth-order valence-electron chi connectivity index (χ4n) is 1.50. The number of hydrogen-bond acceptors (Lipinski definition) is 4. The predicted molar refractivity (Wildman–Crippen MR) is 79.6 cm³/mol. The second kappa shape index (κ2) is 7.28. The van der Waals surface area contributed by atoms with Gasteiger partial charge in [0, 0.05) is 12.6 Å². The molecule has 0 heterocycles. The summed E-state index contributed by atoms with van der Waals surface area (Å²) < 4.78 is 5.49. The molecule has 4 nitrogen and oxygen atoms in total. The van der Waals surface area contributed by atoms with Gasteiger partial charge in [0.15, 0.2) is 0 Å². The molecule has 0 spiro atoms. The average Bonchev–Trinajstić information content (AvgIpc) is 2.41. The van der Waals surface area contributed by atoms with Gasteiger partial charge in [-0.1, -0.05) is 20.8 Å². The van der Waals surface area contributed by atoms with E-state index >= 15 is 0 Å². The highest BCUT2D eigenvalue weighted by Gasteiger charge is 2.20. The Morgan fingerprint density at radius 2 is 1.90 bits per heavy atom. The molecular formula is C16H24N2O2. The zero-order chi connectivity index (χ0) is 15.2. The summed E-state index contributed by atoms with van der Waals surface area (Å²) in [6, 6.07) is 9.22. The molecule has 0 aliphatic rings. The number of nitriles is 1. The first kappa shape index (κ1) is 16.5. The summed E-state index contributed by atoms with van der Waals surface area (Å²) in [5.41, 5.74) is 0.756. The molecule has 1 rings (SSSR count). The Morgan fingerprint density at radius 1 is 1.30 bits per heavy atom. The second-order valence-electron chi connectivity index (χ2n) is 6.10. The molecule has 0 saturated carbocycles. The summed E-state index contributed by atoms with van der Waals surface area (Å²) in [4.78, 5) is 0. The zero-order valence-corrected chi connectivity index (χ0v) is 12.7. The van der Waals surface area contributed by atoms with Gasteiger partial charge in [0.05, 0.1) is 11.6 Å². The Bertz CT molecular complexity index is 443. The number of rotatable bonds is 6. The number of hydrogen-bond donors (Lipinski definition) is 2. The van der Waals surface area contributed by atoms with Crippen LogP contribution in [0.2, 0.25) is 0 Å². The lowest BCUT2D eigenvalue weighted by molar-refractivity contribution is 0.0986. The van der Waals surface area contributed by atoms with Crippen molar-refractivity contribution >= 4 is 0 Å². The maximum Gasteiger partial charge on any atom is 0.119 e. The molecule has 2 unspecified atom stereocenters. The van der Waals surface area contributed by atoms with Crippen LogP contribution in [0.15, 0.2) is 24.3 Å². The van der Waals surface area contributed by atoms with Crippen LogP contribution in [0.25, 0.3) is 0 Å². The first-order valence-corrected chi connectivity index (χ1v) is 6.87. The maximum atomic E-state index is 9.89. The molecule has 4 heteroatoms. The monoisotopic (exact) mass is 276 g/mol. The number of nitrogens with zero attached hydrogens (tertiary/aromatic N) is 1. The van der Waals surface area contributed by atoms with Crippen LogP contribution in [0.3, 0.4) is 0 Å². The van der Waals surface area contributed by atoms with Crippen LogP contribution in [0.5, 0.6) is 5.75 Å². The molecule has 0 amide bonds. The molecule has 1 aromatic carbocycles. The zero-order valence-electron chi connectivity index (χ0n) is 12.7. The fourth-order valence-corrected chi connectivity index (χ4v) is 1.50. The molecule has 0 fully saturated rings. The Kier molecular flexibility index (Phi) is 6.00. The van der Waals surface area contributed by atoms with Gasteiger partial charge in [0.25, 0.3) is 0 Å². The maximum absolute atomic E-state index is 9.89. The Labute approximate surface area is 121 Å². The summed E-state index contributed by atoms with van der Waals surface area (Å²) >= 11 is 0. The van der Waals surface area contributed by atoms with E-state index in [2.05, 4.69) is 39.1 Å². The van der Waals surface area contributed by atoms with Gasteiger partial charge in [0.1, 0.15) is 18.5 Å². The number of aliphatic hydroxyl groups excluding tert-OH is 1. The van der Waals surface area contributed by atoms with E-state index in [4.69, 9.17) is 10.00 Å². The highest BCUT2D eigenvalue weighted by Crippen LogP contribution is 2.18. The Hall–Kier alpha value is -1.57. The van der Waals surface area contributed by atoms with Crippen molar-refractivity contribution in [3.63, 3.8) is 0 Å². The normalized spacial score (nSPS) is 14.4. The number of benzene rings is 1. The molecule has 0 aliphatic carbocycles. The minimum absolute atomic E-state index is 0.160. The quantitative estimate of drug-likeness (QED) is 0.837. The van der Waals surface area contributed by atoms with E-state index in [-0.39, 0.29) is 12.0 Å². The topological polar surface area (TPSA) is 65.3 Å². The predicted octanol–water partition coefficient (Wildman–Crippen LogP) is 2.32. The van der Waals surface area contributed by atoms with E-state index in [1.807, 2.05) is 0 Å². The smallest absolute Gasteiger partial charge is 0.119 e. The first-order chi connectivity index (χ1) is 9.32. The van der Waals surface area contributed by atoms with Crippen LogP contribution < -0.4 is 10.1 Å². The third-order valence-corrected chi connectivity index (χ3v) is 3.38. The Balaban J connectivity index is 2.32. The minimum atomic E-state index is -0.560. The molecule has 2 atom stereocenters. The molecule has 0 saturated heterocycles. The van der Waals surface area contributed by atoms with Crippen LogP contribution >= 0.6 is 0 Å². The molecular weight excluding hydrogens is 252 g/mol. The summed E-state index contributed by atoms with van der Waals surface area (Å²) in [5.74, 6) is 0.659. The van der Waals surface area contributed by atoms with Crippen molar-refractivity contribution in [2.75, 3.05) is 13.2 Å². The van der Waals surface area contributed by atoms with Crippen molar-refractivity contribution in [3.05, 3.63) is 29.8 Å². The average molecular weight is 276 g/mol. The van der Waals surface area contributed by atoms with Crippen LogP contribution in [0, 0.1) is 16.7 Å². The van der Waals surface area contributed by atoms with E-state index in [0.717, 1.165) is 0 Å². The van der Waals surface area contributed by atoms with Crippen LogP contribution in [-0.2, 0) is 0 Å². The van der Waals surface area contributed by atoms with E-state index in [1.54, 1.807) is 24.3 Å². The summed E-state index contributed by atoms with van der Waals surface area (Å²) in [5, 5.41) is 21.9. The highest BCUT2D eigenvalue weighted by atomic mass is 16.5. The van der Waals surface area contributed by atoms with Crippen molar-refractivity contribution in [2.45, 2.75) is 39.8 Å². The van der Waals surface area contributed by atoms with Gasteiger partial charge >= 0.3 is 0 Å². The standard InChI is InChI=1S/C16H24N2O2/c1-12(16(2,3)4)18-10-14(19)11-20-15-7-5-13(9-17)6-8-15/h5-8,12,14,18-19H,10-11H2,1-4H3. The molecule has 2 N–H and O–H groups in total. The van der Waals surface area contributed by atoms with Gasteiger partial charge < -0.3 is 15.2 Å². The van der Waals surface area contributed by atoms with E-state index in [0.29, 0.717) is 23.9 Å². The van der Waals surface area contributed by atoms with Gasteiger partial charge in [-0.05, 0) is 36.6 Å². The van der Waals surface area contributed by atoms with Crippen molar-refractivity contribution in [1.82, 2.24) is 5.32 Å². The van der Waals surface area contributed by atoms with Crippen molar-refractivity contribution in [2.24, 2.45) is 5.41 Å². The molecule has 1 aromatic rings. The van der Waals surface area contributed by atoms with E-state index in [1.165, 1.54) is 0 Å². The second-order valence-corrected chi connectivity index (χ2v) is 6.10. The summed E-state index contributed by atoms with van der Waals surface area (Å²) in [6.07, 6.45) is -0.560. The van der Waals surface area contributed by atoms with Crippen LogP contribution in [0.4, 0.5) is 0 Å². The van der Waals surface area contributed by atoms with E-state index < -0.39 is 6.10 Å². The largest absolute Gasteiger partial charge is 0.491 e. The first-order valence-electron chi connectivity index (χ1n) is 6.87. The van der Waals surface area contributed by atoms with Crippen LogP contribution in [0.1, 0.15) is 33.3 Å². The van der Waals surface area contributed by atoms with Crippen LogP contribution in [-0.4, -0.2) is 30.4 Å². The summed E-state index contributed by atoms with van der Waals surface area (Å²) in [7, 11) is 0. The summed E-state index contributed by atoms with van der Waals surface area (Å²) in [6.45, 7) is 9.30.